The van der Waals surface area contributed by atoms with Gasteiger partial charge in [0.1, 0.15) is 0 Å². The number of aromatic amines is 1. The van der Waals surface area contributed by atoms with E-state index in [9.17, 15) is 4.79 Å². The smallest absolute Gasteiger partial charge is 0.295 e. The first-order valence-corrected chi connectivity index (χ1v) is 6.64. The van der Waals surface area contributed by atoms with Crippen LogP contribution in [0.3, 0.4) is 0 Å². The predicted molar refractivity (Wildman–Crippen MR) is 69.1 cm³/mol. The van der Waals surface area contributed by atoms with Gasteiger partial charge in [-0.15, -0.1) is 0 Å². The zero-order valence-electron chi connectivity index (χ0n) is 10.7. The molecule has 1 aromatic rings. The molecule has 98 valence electrons. The van der Waals surface area contributed by atoms with Gasteiger partial charge in [0.2, 0.25) is 5.75 Å². The number of hydrogen-bond donors (Lipinski definition) is 1. The molecule has 1 aromatic heterocycles. The van der Waals surface area contributed by atoms with Crippen LogP contribution in [0.2, 0.25) is 0 Å². The molecule has 18 heavy (non-hydrogen) atoms. The van der Waals surface area contributed by atoms with Gasteiger partial charge < -0.3 is 14.6 Å². The third kappa shape index (κ3) is 2.49. The van der Waals surface area contributed by atoms with E-state index in [1.54, 1.807) is 0 Å². The van der Waals surface area contributed by atoms with Gasteiger partial charge in [-0.3, -0.25) is 4.79 Å². The average molecular weight is 249 g/mol. The Labute approximate surface area is 106 Å². The lowest BCUT2D eigenvalue weighted by Gasteiger charge is -2.24. The molecule has 0 aromatic carbocycles. The highest BCUT2D eigenvalue weighted by Crippen LogP contribution is 2.36. The van der Waals surface area contributed by atoms with Gasteiger partial charge in [0.25, 0.3) is 5.56 Å². The second-order valence-electron chi connectivity index (χ2n) is 5.38. The molecule has 1 heterocycles. The maximum absolute atomic E-state index is 11.7. The van der Waals surface area contributed by atoms with Crippen molar-refractivity contribution in [2.75, 3.05) is 25.1 Å². The van der Waals surface area contributed by atoms with Crippen molar-refractivity contribution in [3.05, 3.63) is 16.7 Å². The minimum atomic E-state index is -0.195. The Balaban J connectivity index is 1.86. The number of hydrogen-bond acceptors (Lipinski definition) is 4. The SMILES string of the molecule is COc1c(N(CC2CC2)CC2CC2)nc[nH]c1=O. The summed E-state index contributed by atoms with van der Waals surface area (Å²) in [4.78, 5) is 20.9. The van der Waals surface area contributed by atoms with Crippen LogP contribution in [0.25, 0.3) is 0 Å². The number of aromatic nitrogens is 2. The number of nitrogens with one attached hydrogen (secondary N) is 1. The van der Waals surface area contributed by atoms with Crippen molar-refractivity contribution in [3.63, 3.8) is 0 Å². The number of anilines is 1. The standard InChI is InChI=1S/C13H19N3O2/c1-18-11-12(14-8-15-13(11)17)16(6-9-2-3-9)7-10-4-5-10/h8-10H,2-7H2,1H3,(H,14,15,17). The molecule has 0 unspecified atom stereocenters. The minimum Gasteiger partial charge on any atom is -0.489 e. The van der Waals surface area contributed by atoms with E-state index in [2.05, 4.69) is 14.9 Å². The van der Waals surface area contributed by atoms with Crippen molar-refractivity contribution in [1.82, 2.24) is 9.97 Å². The Morgan fingerprint density at radius 2 is 1.94 bits per heavy atom. The number of ether oxygens (including phenoxy) is 1. The zero-order chi connectivity index (χ0) is 12.5. The summed E-state index contributed by atoms with van der Waals surface area (Å²) in [5.41, 5.74) is -0.195. The Morgan fingerprint density at radius 3 is 2.44 bits per heavy atom. The summed E-state index contributed by atoms with van der Waals surface area (Å²) in [6.07, 6.45) is 6.66. The van der Waals surface area contributed by atoms with Crippen LogP contribution in [0.5, 0.6) is 5.75 Å². The fourth-order valence-electron chi connectivity index (χ4n) is 2.26. The van der Waals surface area contributed by atoms with Crippen LogP contribution in [0.1, 0.15) is 25.7 Å². The Bertz CT molecular complexity index is 463. The third-order valence-corrected chi connectivity index (χ3v) is 3.65. The van der Waals surface area contributed by atoms with Crippen molar-refractivity contribution in [1.29, 1.82) is 0 Å². The van der Waals surface area contributed by atoms with E-state index in [1.165, 1.54) is 39.1 Å². The van der Waals surface area contributed by atoms with Crippen LogP contribution < -0.4 is 15.2 Å². The molecular weight excluding hydrogens is 230 g/mol. The monoisotopic (exact) mass is 249 g/mol. The van der Waals surface area contributed by atoms with Crippen molar-refractivity contribution in [2.24, 2.45) is 11.8 Å². The maximum Gasteiger partial charge on any atom is 0.295 e. The quantitative estimate of drug-likeness (QED) is 0.828. The molecule has 0 spiro atoms. The summed E-state index contributed by atoms with van der Waals surface area (Å²) < 4.78 is 5.21. The van der Waals surface area contributed by atoms with Crippen LogP contribution in [0, 0.1) is 11.8 Å². The van der Waals surface area contributed by atoms with Crippen LogP contribution in [-0.2, 0) is 0 Å². The van der Waals surface area contributed by atoms with Gasteiger partial charge in [-0.2, -0.15) is 0 Å². The van der Waals surface area contributed by atoms with Crippen LogP contribution >= 0.6 is 0 Å². The lowest BCUT2D eigenvalue weighted by Crippen LogP contribution is -2.31. The third-order valence-electron chi connectivity index (χ3n) is 3.65. The van der Waals surface area contributed by atoms with Gasteiger partial charge in [-0.05, 0) is 37.5 Å². The lowest BCUT2D eigenvalue weighted by molar-refractivity contribution is 0.404. The minimum absolute atomic E-state index is 0.195. The lowest BCUT2D eigenvalue weighted by atomic mass is 10.3. The van der Waals surface area contributed by atoms with Crippen molar-refractivity contribution in [3.8, 4) is 5.75 Å². The molecule has 2 aliphatic rings. The van der Waals surface area contributed by atoms with Gasteiger partial charge in [0, 0.05) is 13.1 Å². The van der Waals surface area contributed by atoms with E-state index >= 15 is 0 Å². The first-order valence-electron chi connectivity index (χ1n) is 6.64. The van der Waals surface area contributed by atoms with Crippen molar-refractivity contribution < 1.29 is 4.74 Å². The van der Waals surface area contributed by atoms with E-state index in [-0.39, 0.29) is 5.56 Å². The van der Waals surface area contributed by atoms with Gasteiger partial charge in [-0.25, -0.2) is 4.98 Å². The first kappa shape index (κ1) is 11.6. The Kier molecular flexibility index (Phi) is 2.97. The molecule has 2 aliphatic carbocycles. The topological polar surface area (TPSA) is 58.2 Å². The summed E-state index contributed by atoms with van der Waals surface area (Å²) in [7, 11) is 1.53. The molecule has 0 bridgehead atoms. The fraction of sp³-hybridized carbons (Fsp3) is 0.692. The average Bonchev–Trinajstić information content (AvgIpc) is 3.22. The zero-order valence-corrected chi connectivity index (χ0v) is 10.7. The molecule has 0 saturated heterocycles. The molecule has 5 heteroatoms. The van der Waals surface area contributed by atoms with Crippen LogP contribution in [-0.4, -0.2) is 30.2 Å². The van der Waals surface area contributed by atoms with E-state index in [1.807, 2.05) is 0 Å². The molecule has 0 amide bonds. The normalized spacial score (nSPS) is 18.7. The molecule has 2 saturated carbocycles. The molecule has 1 N–H and O–H groups in total. The highest BCUT2D eigenvalue weighted by molar-refractivity contribution is 5.51. The summed E-state index contributed by atoms with van der Waals surface area (Å²) in [5.74, 6) is 2.60. The number of nitrogens with zero attached hydrogens (tertiary/aromatic N) is 2. The first-order chi connectivity index (χ1) is 8.78. The van der Waals surface area contributed by atoms with E-state index in [4.69, 9.17) is 4.74 Å². The Morgan fingerprint density at radius 1 is 1.33 bits per heavy atom. The number of rotatable bonds is 6. The highest BCUT2D eigenvalue weighted by atomic mass is 16.5. The second kappa shape index (κ2) is 4.63. The predicted octanol–water partition coefficient (Wildman–Crippen LogP) is 1.40. The number of H-pyrrole nitrogens is 1. The van der Waals surface area contributed by atoms with E-state index in [0.29, 0.717) is 11.6 Å². The summed E-state index contributed by atoms with van der Waals surface area (Å²) >= 11 is 0. The van der Waals surface area contributed by atoms with Crippen molar-refractivity contribution >= 4 is 5.82 Å². The highest BCUT2D eigenvalue weighted by Gasteiger charge is 2.31. The van der Waals surface area contributed by atoms with Gasteiger partial charge in [-0.1, -0.05) is 0 Å². The summed E-state index contributed by atoms with van der Waals surface area (Å²) in [5, 5.41) is 0. The summed E-state index contributed by atoms with van der Waals surface area (Å²) in [6, 6.07) is 0. The largest absolute Gasteiger partial charge is 0.489 e. The number of methoxy groups -OCH3 is 1. The molecule has 2 fully saturated rings. The van der Waals surface area contributed by atoms with Gasteiger partial charge in [0.05, 0.1) is 13.4 Å². The molecule has 0 aliphatic heterocycles. The molecule has 0 atom stereocenters. The fourth-order valence-corrected chi connectivity index (χ4v) is 2.26. The Hall–Kier alpha value is -1.52. The summed E-state index contributed by atoms with van der Waals surface area (Å²) in [6.45, 7) is 2.01. The van der Waals surface area contributed by atoms with Gasteiger partial charge in [0.15, 0.2) is 5.82 Å². The molecule has 3 rings (SSSR count). The second-order valence-corrected chi connectivity index (χ2v) is 5.38. The van der Waals surface area contributed by atoms with E-state index < -0.39 is 0 Å². The molecular formula is C13H19N3O2. The molecule has 5 nitrogen and oxygen atoms in total. The van der Waals surface area contributed by atoms with E-state index in [0.717, 1.165) is 24.9 Å². The van der Waals surface area contributed by atoms with Crippen LogP contribution in [0.4, 0.5) is 5.82 Å². The maximum atomic E-state index is 11.7. The van der Waals surface area contributed by atoms with Gasteiger partial charge >= 0.3 is 0 Å². The molecule has 0 radical (unpaired) electrons. The van der Waals surface area contributed by atoms with Crippen molar-refractivity contribution in [2.45, 2.75) is 25.7 Å². The van der Waals surface area contributed by atoms with Crippen LogP contribution in [0.15, 0.2) is 11.1 Å².